The van der Waals surface area contributed by atoms with Gasteiger partial charge >= 0.3 is 0 Å². The van der Waals surface area contributed by atoms with Crippen LogP contribution in [0.25, 0.3) is 5.69 Å². The van der Waals surface area contributed by atoms with E-state index in [1.165, 1.54) is 0 Å². The fourth-order valence-electron chi connectivity index (χ4n) is 1.31. The smallest absolute Gasteiger partial charge is 0.225 e. The number of hydrogen-bond donors (Lipinski definition) is 2. The molecule has 15 heavy (non-hydrogen) atoms. The van der Waals surface area contributed by atoms with Crippen LogP contribution in [0.1, 0.15) is 0 Å². The summed E-state index contributed by atoms with van der Waals surface area (Å²) < 4.78 is 7.21. The van der Waals surface area contributed by atoms with Gasteiger partial charge in [-0.25, -0.2) is 5.10 Å². The van der Waals surface area contributed by atoms with Crippen LogP contribution in [-0.2, 0) is 0 Å². The summed E-state index contributed by atoms with van der Waals surface area (Å²) in [6.45, 7) is 0. The molecule has 0 amide bonds. The molecule has 0 aliphatic heterocycles. The molecule has 0 aliphatic carbocycles. The van der Waals surface area contributed by atoms with Crippen molar-refractivity contribution in [3.63, 3.8) is 0 Å². The van der Waals surface area contributed by atoms with Crippen LogP contribution < -0.4 is 10.5 Å². The van der Waals surface area contributed by atoms with Gasteiger partial charge < -0.3 is 10.5 Å². The summed E-state index contributed by atoms with van der Waals surface area (Å²) in [4.78, 5) is 0. The summed E-state index contributed by atoms with van der Waals surface area (Å²) in [6, 6.07) is 7.43. The van der Waals surface area contributed by atoms with E-state index < -0.39 is 0 Å². The normalized spacial score (nSPS) is 10.2. The van der Waals surface area contributed by atoms with E-state index >= 15 is 0 Å². The molecular weight excluding hydrogens is 212 g/mol. The van der Waals surface area contributed by atoms with Crippen molar-refractivity contribution in [3.05, 3.63) is 29.0 Å². The molecule has 6 heteroatoms. The molecule has 1 aromatic carbocycles. The first-order chi connectivity index (χ1) is 7.22. The van der Waals surface area contributed by atoms with E-state index in [2.05, 4.69) is 10.2 Å². The number of nitrogens with one attached hydrogen (secondary N) is 1. The highest BCUT2D eigenvalue weighted by Crippen LogP contribution is 2.18. The van der Waals surface area contributed by atoms with Gasteiger partial charge in [0, 0.05) is 6.07 Å². The van der Waals surface area contributed by atoms with Gasteiger partial charge in [-0.15, -0.1) is 5.10 Å². The zero-order valence-electron chi connectivity index (χ0n) is 8.10. The lowest BCUT2D eigenvalue weighted by Crippen LogP contribution is -2.00. The number of nitrogens with zero attached hydrogens (tertiary/aromatic N) is 2. The Morgan fingerprint density at radius 2 is 2.33 bits per heavy atom. The standard InChI is InChI=1S/C9H10N4OS/c1-14-7-4-2-3-6(5-7)13-8(10)11-12-9(13)15/h2-5H,1H3,(H2,10,11)(H,12,15). The first kappa shape index (κ1) is 9.72. The molecule has 0 aliphatic rings. The maximum atomic E-state index is 5.68. The molecule has 2 aromatic rings. The third-order valence-corrected chi connectivity index (χ3v) is 2.28. The lowest BCUT2D eigenvalue weighted by Gasteiger charge is -2.05. The van der Waals surface area contributed by atoms with Crippen molar-refractivity contribution in [1.82, 2.24) is 14.8 Å². The van der Waals surface area contributed by atoms with Crippen LogP contribution >= 0.6 is 12.2 Å². The Bertz CT molecular complexity index is 531. The van der Waals surface area contributed by atoms with Crippen molar-refractivity contribution in [1.29, 1.82) is 0 Å². The minimum Gasteiger partial charge on any atom is -0.497 e. The number of rotatable bonds is 2. The van der Waals surface area contributed by atoms with Crippen molar-refractivity contribution in [2.45, 2.75) is 0 Å². The van der Waals surface area contributed by atoms with Gasteiger partial charge in [0.25, 0.3) is 0 Å². The number of methoxy groups -OCH3 is 1. The van der Waals surface area contributed by atoms with E-state index in [9.17, 15) is 0 Å². The monoisotopic (exact) mass is 222 g/mol. The average Bonchev–Trinajstić information content (AvgIpc) is 2.59. The van der Waals surface area contributed by atoms with Crippen LogP contribution in [0.5, 0.6) is 5.75 Å². The Morgan fingerprint density at radius 3 is 2.93 bits per heavy atom. The second-order valence-electron chi connectivity index (χ2n) is 2.92. The van der Waals surface area contributed by atoms with Crippen LogP contribution in [-0.4, -0.2) is 21.9 Å². The second-order valence-corrected chi connectivity index (χ2v) is 3.31. The summed E-state index contributed by atoms with van der Waals surface area (Å²) in [6.07, 6.45) is 0. The van der Waals surface area contributed by atoms with Crippen LogP contribution in [0.3, 0.4) is 0 Å². The predicted octanol–water partition coefficient (Wildman–Crippen LogP) is 1.52. The Morgan fingerprint density at radius 1 is 1.53 bits per heavy atom. The summed E-state index contributed by atoms with van der Waals surface area (Å²) in [7, 11) is 1.61. The molecular formula is C9H10N4OS. The van der Waals surface area contributed by atoms with Gasteiger partial charge in [0.15, 0.2) is 0 Å². The van der Waals surface area contributed by atoms with E-state index in [1.807, 2.05) is 24.3 Å². The fraction of sp³-hybridized carbons (Fsp3) is 0.111. The molecule has 1 heterocycles. The van der Waals surface area contributed by atoms with Crippen molar-refractivity contribution >= 4 is 18.2 Å². The molecule has 0 saturated carbocycles. The largest absolute Gasteiger partial charge is 0.497 e. The number of ether oxygens (including phenoxy) is 1. The van der Waals surface area contributed by atoms with Gasteiger partial charge in [0.05, 0.1) is 12.8 Å². The molecule has 3 N–H and O–H groups in total. The summed E-state index contributed by atoms with van der Waals surface area (Å²) in [5.74, 6) is 1.07. The molecule has 0 bridgehead atoms. The van der Waals surface area contributed by atoms with Crippen molar-refractivity contribution in [3.8, 4) is 11.4 Å². The Hall–Kier alpha value is -1.82. The van der Waals surface area contributed by atoms with Crippen LogP contribution in [0.4, 0.5) is 5.95 Å². The number of aromatic amines is 1. The molecule has 0 unspecified atom stereocenters. The van der Waals surface area contributed by atoms with Gasteiger partial charge in [-0.05, 0) is 24.4 Å². The number of hydrogen-bond acceptors (Lipinski definition) is 4. The third-order valence-electron chi connectivity index (χ3n) is 2.01. The molecule has 2 rings (SSSR count). The first-order valence-electron chi connectivity index (χ1n) is 4.29. The second kappa shape index (κ2) is 3.74. The van der Waals surface area contributed by atoms with E-state index in [0.717, 1.165) is 11.4 Å². The maximum Gasteiger partial charge on any atom is 0.225 e. The van der Waals surface area contributed by atoms with Gasteiger partial charge in [0.2, 0.25) is 10.7 Å². The Kier molecular flexibility index (Phi) is 2.42. The van der Waals surface area contributed by atoms with E-state index in [1.54, 1.807) is 11.7 Å². The minimum absolute atomic E-state index is 0.327. The van der Waals surface area contributed by atoms with Gasteiger partial charge in [-0.2, -0.15) is 0 Å². The number of H-pyrrole nitrogens is 1. The Balaban J connectivity index is 2.59. The highest BCUT2D eigenvalue weighted by molar-refractivity contribution is 7.71. The lowest BCUT2D eigenvalue weighted by atomic mass is 10.3. The molecule has 0 fully saturated rings. The van der Waals surface area contributed by atoms with Crippen LogP contribution in [0.15, 0.2) is 24.3 Å². The minimum atomic E-state index is 0.327. The SMILES string of the molecule is COc1cccc(-n2c(N)n[nH]c2=S)c1. The number of benzene rings is 1. The molecule has 0 spiro atoms. The zero-order valence-corrected chi connectivity index (χ0v) is 8.91. The molecule has 0 saturated heterocycles. The van der Waals surface area contributed by atoms with Crippen molar-refractivity contribution in [2.75, 3.05) is 12.8 Å². The molecule has 5 nitrogen and oxygen atoms in total. The number of nitrogen functional groups attached to an aromatic ring is 1. The topological polar surface area (TPSA) is 68.9 Å². The van der Waals surface area contributed by atoms with Crippen LogP contribution in [0, 0.1) is 4.77 Å². The maximum absolute atomic E-state index is 5.68. The highest BCUT2D eigenvalue weighted by atomic mass is 32.1. The zero-order chi connectivity index (χ0) is 10.8. The Labute approximate surface area is 91.5 Å². The van der Waals surface area contributed by atoms with Crippen molar-refractivity contribution in [2.24, 2.45) is 0 Å². The van der Waals surface area contributed by atoms with Gasteiger partial charge in [-0.3, -0.25) is 4.57 Å². The fourth-order valence-corrected chi connectivity index (χ4v) is 1.55. The van der Waals surface area contributed by atoms with Crippen molar-refractivity contribution < 1.29 is 4.74 Å². The summed E-state index contributed by atoms with van der Waals surface area (Å²) in [5.41, 5.74) is 6.50. The first-order valence-corrected chi connectivity index (χ1v) is 4.70. The number of aromatic nitrogens is 3. The van der Waals surface area contributed by atoms with E-state index in [4.69, 9.17) is 22.7 Å². The quantitative estimate of drug-likeness (QED) is 0.756. The highest BCUT2D eigenvalue weighted by Gasteiger charge is 2.04. The average molecular weight is 222 g/mol. The molecule has 78 valence electrons. The molecule has 0 radical (unpaired) electrons. The molecule has 0 atom stereocenters. The number of nitrogens with two attached hydrogens (primary N) is 1. The lowest BCUT2D eigenvalue weighted by molar-refractivity contribution is 0.414. The van der Waals surface area contributed by atoms with E-state index in [0.29, 0.717) is 10.7 Å². The predicted molar refractivity (Wildman–Crippen MR) is 59.7 cm³/mol. The molecule has 1 aromatic heterocycles. The third kappa shape index (κ3) is 1.71. The summed E-state index contributed by atoms with van der Waals surface area (Å²) in [5, 5.41) is 6.45. The number of anilines is 1. The summed E-state index contributed by atoms with van der Waals surface area (Å²) >= 11 is 5.06. The van der Waals surface area contributed by atoms with E-state index in [-0.39, 0.29) is 0 Å². The van der Waals surface area contributed by atoms with Crippen LogP contribution in [0.2, 0.25) is 0 Å². The van der Waals surface area contributed by atoms with Gasteiger partial charge in [-0.1, -0.05) is 6.07 Å². The van der Waals surface area contributed by atoms with Gasteiger partial charge in [0.1, 0.15) is 5.75 Å².